The number of nitrogens with zero attached hydrogens (tertiary/aromatic N) is 8. The van der Waals surface area contributed by atoms with Crippen LogP contribution in [0.25, 0.3) is 21.8 Å². The van der Waals surface area contributed by atoms with E-state index in [1.165, 1.54) is 0 Å². The zero-order valence-electron chi connectivity index (χ0n) is 42.5. The molecule has 73 heavy (non-hydrogen) atoms. The predicted molar refractivity (Wildman–Crippen MR) is 258 cm³/mol. The van der Waals surface area contributed by atoms with Crippen LogP contribution in [0.2, 0.25) is 0 Å². The summed E-state index contributed by atoms with van der Waals surface area (Å²) >= 11 is 0. The van der Waals surface area contributed by atoms with E-state index in [1.807, 2.05) is 24.3 Å². The van der Waals surface area contributed by atoms with Crippen molar-refractivity contribution in [1.29, 1.82) is 0 Å². The number of carbonyl (C=O) groups excluding carboxylic acids is 3. The summed E-state index contributed by atoms with van der Waals surface area (Å²) < 4.78 is 61.1. The van der Waals surface area contributed by atoms with Crippen molar-refractivity contribution < 1.29 is 81.8 Å². The number of azide groups is 1. The summed E-state index contributed by atoms with van der Waals surface area (Å²) in [5, 5.41) is 55.5. The molecule has 0 bridgehead atoms. The highest BCUT2D eigenvalue weighted by atomic mass is 16.7. The second-order valence-corrected chi connectivity index (χ2v) is 17.0. The standard InChI is InChI=1S/C46H76N10O17/c1-34-51-53-44(54-52-34)35-5-7-36(8-6-35)71-32-31-70-30-29-69-28-27-68-26-23-65-18-11-40(59)56(15-20-67-25-24-66-19-13-50-55-47)14-12-48-38(57)9-16-63-21-22-64-17-10-39(58)49-33-37-41(60)42(61)43(62)45(72-37)73-46(2,3)4/h5-8,37,41-43,45,60-62H,9-33H2,1-4H3,(H,48,57)(H,49,58)/t37?,41-,42+,43?,45-/m1/s1. The Morgan fingerprint density at radius 3 is 1.73 bits per heavy atom. The molecule has 1 fully saturated rings. The number of ether oxygens (including phenoxy) is 11. The number of aryl methyl sites for hydroxylation is 1. The van der Waals surface area contributed by atoms with Crippen LogP contribution < -0.4 is 15.4 Å². The van der Waals surface area contributed by atoms with Crippen LogP contribution in [0.4, 0.5) is 0 Å². The highest BCUT2D eigenvalue weighted by molar-refractivity contribution is 5.77. The minimum Gasteiger partial charge on any atom is -0.491 e. The molecule has 1 aliphatic heterocycles. The van der Waals surface area contributed by atoms with Crippen molar-refractivity contribution in [2.24, 2.45) is 5.11 Å². The minimum atomic E-state index is -1.52. The van der Waals surface area contributed by atoms with Crippen molar-refractivity contribution in [3.8, 4) is 17.1 Å². The van der Waals surface area contributed by atoms with Gasteiger partial charge in [0.15, 0.2) is 12.1 Å². The smallest absolute Gasteiger partial charge is 0.225 e. The highest BCUT2D eigenvalue weighted by Crippen LogP contribution is 2.25. The van der Waals surface area contributed by atoms with Gasteiger partial charge in [0, 0.05) is 56.0 Å². The maximum atomic E-state index is 13.1. The summed E-state index contributed by atoms with van der Waals surface area (Å²) in [7, 11) is 0. The normalized spacial score (nSPS) is 17.7. The first-order chi connectivity index (χ1) is 35.3. The lowest BCUT2D eigenvalue weighted by Gasteiger charge is -2.42. The summed E-state index contributed by atoms with van der Waals surface area (Å²) in [6, 6.07) is 7.31. The van der Waals surface area contributed by atoms with Crippen LogP contribution >= 0.6 is 0 Å². The average molecular weight is 1040 g/mol. The summed E-state index contributed by atoms with van der Waals surface area (Å²) in [6.45, 7) is 12.6. The molecular formula is C46H76N10O17. The molecule has 3 amide bonds. The van der Waals surface area contributed by atoms with E-state index < -0.39 is 36.3 Å². The van der Waals surface area contributed by atoms with Crippen molar-refractivity contribution in [2.75, 3.05) is 145 Å². The van der Waals surface area contributed by atoms with Gasteiger partial charge in [-0.2, -0.15) is 0 Å². The number of carbonyl (C=O) groups is 3. The molecule has 27 nitrogen and oxygen atoms in total. The second kappa shape index (κ2) is 37.8. The molecule has 1 aromatic carbocycles. The molecule has 412 valence electrons. The number of benzene rings is 1. The predicted octanol–water partition coefficient (Wildman–Crippen LogP) is -0.0821. The Labute approximate surface area is 425 Å². The Bertz CT molecular complexity index is 1850. The van der Waals surface area contributed by atoms with Crippen molar-refractivity contribution in [3.05, 3.63) is 40.5 Å². The van der Waals surface area contributed by atoms with Gasteiger partial charge in [0.2, 0.25) is 23.5 Å². The summed E-state index contributed by atoms with van der Waals surface area (Å²) in [5.74, 6) is 0.815. The second-order valence-electron chi connectivity index (χ2n) is 17.0. The molecule has 5 N–H and O–H groups in total. The van der Waals surface area contributed by atoms with E-state index in [1.54, 1.807) is 32.6 Å². The molecule has 27 heteroatoms. The zero-order chi connectivity index (χ0) is 52.9. The maximum absolute atomic E-state index is 13.1. The largest absolute Gasteiger partial charge is 0.491 e. The number of hydrogen-bond donors (Lipinski definition) is 5. The van der Waals surface area contributed by atoms with Crippen LogP contribution in [0.1, 0.15) is 45.9 Å². The Morgan fingerprint density at radius 2 is 1.16 bits per heavy atom. The fourth-order valence-corrected chi connectivity index (χ4v) is 6.31. The fraction of sp³-hybridized carbons (Fsp3) is 0.761. The maximum Gasteiger partial charge on any atom is 0.225 e. The van der Waals surface area contributed by atoms with Crippen molar-refractivity contribution in [3.63, 3.8) is 0 Å². The topological polar surface area (TPSA) is 341 Å². The Hall–Kier alpha value is -4.84. The van der Waals surface area contributed by atoms with E-state index >= 15 is 0 Å². The molecule has 0 aliphatic carbocycles. The minimum absolute atomic E-state index is 0.0114. The van der Waals surface area contributed by atoms with E-state index in [-0.39, 0.29) is 129 Å². The molecule has 0 saturated carbocycles. The Morgan fingerprint density at radius 1 is 0.658 bits per heavy atom. The van der Waals surface area contributed by atoms with Gasteiger partial charge in [-0.15, -0.1) is 20.4 Å². The van der Waals surface area contributed by atoms with E-state index in [0.717, 1.165) is 5.56 Å². The molecule has 0 radical (unpaired) electrons. The molecule has 2 aromatic rings. The molecule has 0 spiro atoms. The molecule has 2 heterocycles. The highest BCUT2D eigenvalue weighted by Gasteiger charge is 2.45. The van der Waals surface area contributed by atoms with E-state index in [4.69, 9.17) is 57.6 Å². The Balaban J connectivity index is 1.19. The fourth-order valence-electron chi connectivity index (χ4n) is 6.31. The van der Waals surface area contributed by atoms with Crippen LogP contribution in [0, 0.1) is 6.92 Å². The molecular weight excluding hydrogens is 965 g/mol. The van der Waals surface area contributed by atoms with Gasteiger partial charge in [-0.1, -0.05) is 5.11 Å². The monoisotopic (exact) mass is 1040 g/mol. The van der Waals surface area contributed by atoms with Crippen LogP contribution in [-0.4, -0.2) is 240 Å². The van der Waals surface area contributed by atoms with Crippen molar-refractivity contribution >= 4 is 17.7 Å². The number of hydrogen-bond acceptors (Lipinski definition) is 22. The van der Waals surface area contributed by atoms with Gasteiger partial charge in [0.1, 0.15) is 36.8 Å². The van der Waals surface area contributed by atoms with Gasteiger partial charge in [-0.05, 0) is 57.5 Å². The summed E-state index contributed by atoms with van der Waals surface area (Å²) in [5.41, 5.74) is 8.46. The lowest BCUT2D eigenvalue weighted by atomic mass is 9.98. The van der Waals surface area contributed by atoms with Crippen LogP contribution in [0.3, 0.4) is 0 Å². The van der Waals surface area contributed by atoms with Gasteiger partial charge >= 0.3 is 0 Å². The number of aliphatic hydroxyl groups excluding tert-OH is 3. The lowest BCUT2D eigenvalue weighted by molar-refractivity contribution is -0.316. The summed E-state index contributed by atoms with van der Waals surface area (Å²) in [6.07, 6.45) is -6.39. The van der Waals surface area contributed by atoms with E-state index in [9.17, 15) is 29.7 Å². The lowest BCUT2D eigenvalue weighted by Crippen LogP contribution is -2.61. The van der Waals surface area contributed by atoms with Gasteiger partial charge < -0.3 is 83.0 Å². The first-order valence-electron chi connectivity index (χ1n) is 24.4. The number of rotatable bonds is 41. The third-order valence-electron chi connectivity index (χ3n) is 10.1. The number of aromatic nitrogens is 4. The quantitative estimate of drug-likeness (QED) is 0.0252. The molecule has 1 aromatic heterocycles. The van der Waals surface area contributed by atoms with Gasteiger partial charge in [0.25, 0.3) is 0 Å². The molecule has 2 unspecified atom stereocenters. The van der Waals surface area contributed by atoms with E-state index in [2.05, 4.69) is 41.1 Å². The molecule has 1 saturated heterocycles. The number of amides is 3. The number of nitrogens with one attached hydrogen (secondary N) is 2. The SMILES string of the molecule is Cc1nnc(-c2ccc(OCCOCCOCCOCCOCCC(=O)N(CCNC(=O)CCOCCOCCC(=O)NCC3O[C@H](OC(C)(C)C)C(O)[C@@H](O)[C@@H]3O)CCOCCOCCN=[N+]=[N-])cc2)nn1. The van der Waals surface area contributed by atoms with Crippen LogP contribution in [0.5, 0.6) is 5.75 Å². The van der Waals surface area contributed by atoms with Gasteiger partial charge in [-0.25, -0.2) is 0 Å². The summed E-state index contributed by atoms with van der Waals surface area (Å²) in [4.78, 5) is 42.2. The van der Waals surface area contributed by atoms with Crippen LogP contribution in [0.15, 0.2) is 29.4 Å². The van der Waals surface area contributed by atoms with Crippen molar-refractivity contribution in [2.45, 2.75) is 83.3 Å². The number of aliphatic hydroxyl groups is 3. The van der Waals surface area contributed by atoms with Crippen LogP contribution in [-0.2, 0) is 61.8 Å². The zero-order valence-corrected chi connectivity index (χ0v) is 42.5. The first-order valence-corrected chi connectivity index (χ1v) is 24.4. The first kappa shape index (κ1) is 62.5. The van der Waals surface area contributed by atoms with Gasteiger partial charge in [-0.3, -0.25) is 14.4 Å². The van der Waals surface area contributed by atoms with E-state index in [0.29, 0.717) is 70.3 Å². The average Bonchev–Trinajstić information content (AvgIpc) is 3.37. The molecule has 3 rings (SSSR count). The molecule has 5 atom stereocenters. The molecule has 1 aliphatic rings. The van der Waals surface area contributed by atoms with Gasteiger partial charge in [0.05, 0.1) is 118 Å². The third-order valence-corrected chi connectivity index (χ3v) is 10.1. The Kier molecular flexibility index (Phi) is 32.4. The van der Waals surface area contributed by atoms with Crippen molar-refractivity contribution in [1.82, 2.24) is 35.9 Å². The third kappa shape index (κ3) is 29.0.